The molecule has 1 N–H and O–H groups in total. The summed E-state index contributed by atoms with van der Waals surface area (Å²) in [6.07, 6.45) is 2.76. The first-order chi connectivity index (χ1) is 18.8. The zero-order chi connectivity index (χ0) is 32.3. The lowest BCUT2D eigenvalue weighted by atomic mass is 9.87. The van der Waals surface area contributed by atoms with E-state index in [1.165, 1.54) is 0 Å². The lowest BCUT2D eigenvalue weighted by molar-refractivity contribution is -0.169. The molecule has 0 heterocycles. The van der Waals surface area contributed by atoms with E-state index in [1.807, 2.05) is 20.8 Å². The van der Waals surface area contributed by atoms with Gasteiger partial charge in [0.1, 0.15) is 18.0 Å². The van der Waals surface area contributed by atoms with Crippen LogP contribution in [0.4, 0.5) is 0 Å². The fourth-order valence-electron chi connectivity index (χ4n) is 4.83. The predicted octanol–water partition coefficient (Wildman–Crippen LogP) is 8.20. The SMILES string of the molecule is CC[C@@H](OC(=O)[C@H](C)[C@H](C[C@@H](O[Si](CC)(CC)CC)[C@@](C)(CCC=O)OC)O[Si](C)(C)C(C)(C)C)[C@@](C)(O)/C=C/I. The summed E-state index contributed by atoms with van der Waals surface area (Å²) < 4.78 is 27.9. The van der Waals surface area contributed by atoms with Crippen molar-refractivity contribution >= 4 is 51.5 Å². The van der Waals surface area contributed by atoms with Crippen molar-refractivity contribution < 1.29 is 33.0 Å². The van der Waals surface area contributed by atoms with Gasteiger partial charge >= 0.3 is 5.97 Å². The van der Waals surface area contributed by atoms with Crippen LogP contribution in [-0.2, 0) is 27.9 Å². The maximum Gasteiger partial charge on any atom is 0.311 e. The molecule has 0 bridgehead atoms. The molecule has 0 fully saturated rings. The minimum Gasteiger partial charge on any atom is -0.459 e. The standard InChI is InChI=1S/C31H61IO7Si2/c1-14-26(30(9,35)20-21-32)37-28(34)24(5)25(38-40(12,13)29(6,7)8)23-27(31(10,36-11)19-18-22-33)39-41(15-2,16-3)17-4/h20-22,24-27,35H,14-19,23H2,1-13H3/b21-20+/t24-,25+,26-,27-,30+,31-/m1/s1. The number of aldehydes is 1. The number of ether oxygens (including phenoxy) is 2. The van der Waals surface area contributed by atoms with E-state index < -0.39 is 51.9 Å². The average Bonchev–Trinajstić information content (AvgIpc) is 2.90. The molecule has 0 aromatic rings. The van der Waals surface area contributed by atoms with Crippen LogP contribution >= 0.6 is 22.6 Å². The van der Waals surface area contributed by atoms with Crippen LogP contribution in [0.25, 0.3) is 0 Å². The van der Waals surface area contributed by atoms with Crippen LogP contribution in [0.5, 0.6) is 0 Å². The summed E-state index contributed by atoms with van der Waals surface area (Å²) in [4.78, 5) is 25.2. The summed E-state index contributed by atoms with van der Waals surface area (Å²) in [5, 5.41) is 10.9. The molecule has 0 saturated heterocycles. The van der Waals surface area contributed by atoms with Crippen LogP contribution in [0.2, 0.25) is 36.3 Å². The van der Waals surface area contributed by atoms with Gasteiger partial charge in [0, 0.05) is 20.0 Å². The third kappa shape index (κ3) is 11.7. The Balaban J connectivity index is 6.77. The van der Waals surface area contributed by atoms with Gasteiger partial charge in [0.25, 0.3) is 0 Å². The quantitative estimate of drug-likeness (QED) is 0.0585. The Morgan fingerprint density at radius 3 is 1.90 bits per heavy atom. The van der Waals surface area contributed by atoms with E-state index in [2.05, 4.69) is 77.2 Å². The van der Waals surface area contributed by atoms with Gasteiger partial charge in [-0.2, -0.15) is 0 Å². The molecule has 0 unspecified atom stereocenters. The Bertz CT molecular complexity index is 816. The highest BCUT2D eigenvalue weighted by molar-refractivity contribution is 14.1. The van der Waals surface area contributed by atoms with Crippen LogP contribution in [0, 0.1) is 5.92 Å². The Morgan fingerprint density at radius 2 is 1.51 bits per heavy atom. The summed E-state index contributed by atoms with van der Waals surface area (Å²) in [6, 6.07) is 2.90. The van der Waals surface area contributed by atoms with Crippen LogP contribution in [-0.4, -0.2) is 70.6 Å². The van der Waals surface area contributed by atoms with Crippen molar-refractivity contribution in [2.45, 2.75) is 161 Å². The van der Waals surface area contributed by atoms with Gasteiger partial charge in [-0.05, 0) is 80.0 Å². The van der Waals surface area contributed by atoms with Gasteiger partial charge in [0.15, 0.2) is 16.6 Å². The molecule has 6 atom stereocenters. The number of methoxy groups -OCH3 is 1. The predicted molar refractivity (Wildman–Crippen MR) is 183 cm³/mol. The molecule has 0 aliphatic heterocycles. The van der Waals surface area contributed by atoms with E-state index in [1.54, 1.807) is 24.2 Å². The molecular formula is C31H61IO7Si2. The number of rotatable bonds is 20. The first-order valence-corrected chi connectivity index (χ1v) is 22.0. The summed E-state index contributed by atoms with van der Waals surface area (Å²) in [5.74, 6) is -1.02. The van der Waals surface area contributed by atoms with Crippen molar-refractivity contribution in [3.05, 3.63) is 10.2 Å². The van der Waals surface area contributed by atoms with Gasteiger partial charge in [-0.3, -0.25) is 4.79 Å². The molecule has 7 nitrogen and oxygen atoms in total. The van der Waals surface area contributed by atoms with Gasteiger partial charge in [0.2, 0.25) is 0 Å². The van der Waals surface area contributed by atoms with Crippen molar-refractivity contribution in [3.63, 3.8) is 0 Å². The first-order valence-electron chi connectivity index (χ1n) is 15.3. The molecule has 0 spiro atoms. The maximum atomic E-state index is 13.7. The number of carbonyl (C=O) groups is 2. The minimum absolute atomic E-state index is 0.0806. The Labute approximate surface area is 267 Å². The molecule has 0 aliphatic rings. The normalized spacial score (nSPS) is 19.2. The maximum absolute atomic E-state index is 13.7. The Kier molecular flexibility index (Phi) is 17.3. The zero-order valence-electron chi connectivity index (χ0n) is 28.3. The molecule has 0 aromatic carbocycles. The third-order valence-corrected chi connectivity index (χ3v) is 19.1. The van der Waals surface area contributed by atoms with Gasteiger partial charge in [-0.15, -0.1) is 0 Å². The van der Waals surface area contributed by atoms with Crippen LogP contribution in [0.15, 0.2) is 10.2 Å². The highest BCUT2D eigenvalue weighted by Crippen LogP contribution is 2.41. The lowest BCUT2D eigenvalue weighted by Gasteiger charge is -2.46. The molecule has 0 radical (unpaired) electrons. The molecule has 41 heavy (non-hydrogen) atoms. The highest BCUT2D eigenvalue weighted by Gasteiger charge is 2.47. The number of hydrogen-bond acceptors (Lipinski definition) is 7. The smallest absolute Gasteiger partial charge is 0.311 e. The van der Waals surface area contributed by atoms with Crippen molar-refractivity contribution in [2.24, 2.45) is 5.92 Å². The molecule has 0 saturated carbocycles. The Hall–Kier alpha value is -0.116. The third-order valence-electron chi connectivity index (χ3n) is 9.54. The number of carbonyl (C=O) groups excluding carboxylic acids is 2. The molecule has 0 aliphatic carbocycles. The van der Waals surface area contributed by atoms with E-state index in [0.717, 1.165) is 24.4 Å². The minimum atomic E-state index is -2.33. The van der Waals surface area contributed by atoms with E-state index >= 15 is 0 Å². The molecule has 0 aromatic heterocycles. The fraction of sp³-hybridized carbons (Fsp3) is 0.871. The Morgan fingerprint density at radius 1 is 0.976 bits per heavy atom. The monoisotopic (exact) mass is 728 g/mol. The summed E-state index contributed by atoms with van der Waals surface area (Å²) in [7, 11) is -2.76. The number of hydrogen-bond donors (Lipinski definition) is 1. The van der Waals surface area contributed by atoms with Gasteiger partial charge in [0.05, 0.1) is 23.7 Å². The van der Waals surface area contributed by atoms with Gasteiger partial charge in [-0.25, -0.2) is 0 Å². The zero-order valence-corrected chi connectivity index (χ0v) is 32.4. The molecule has 0 rings (SSSR count). The highest BCUT2D eigenvalue weighted by atomic mass is 127. The van der Waals surface area contributed by atoms with Crippen molar-refractivity contribution in [1.29, 1.82) is 0 Å². The van der Waals surface area contributed by atoms with E-state index in [4.69, 9.17) is 18.3 Å². The van der Waals surface area contributed by atoms with Crippen molar-refractivity contribution in [3.8, 4) is 0 Å². The lowest BCUT2D eigenvalue weighted by Crippen LogP contribution is -2.54. The first kappa shape index (κ1) is 40.9. The van der Waals surface area contributed by atoms with Gasteiger partial charge in [-0.1, -0.05) is 71.1 Å². The average molecular weight is 729 g/mol. The van der Waals surface area contributed by atoms with E-state index in [9.17, 15) is 14.7 Å². The van der Waals surface area contributed by atoms with Crippen LogP contribution < -0.4 is 0 Å². The summed E-state index contributed by atoms with van der Waals surface area (Å²) >= 11 is 2.05. The summed E-state index contributed by atoms with van der Waals surface area (Å²) in [6.45, 7) is 24.9. The topological polar surface area (TPSA) is 91.3 Å². The largest absolute Gasteiger partial charge is 0.459 e. The summed E-state index contributed by atoms with van der Waals surface area (Å²) in [5.41, 5.74) is -2.02. The van der Waals surface area contributed by atoms with Crippen LogP contribution in [0.1, 0.15) is 94.9 Å². The number of esters is 1. The second kappa shape index (κ2) is 17.4. The van der Waals surface area contributed by atoms with Crippen molar-refractivity contribution in [2.75, 3.05) is 7.11 Å². The molecule has 242 valence electrons. The van der Waals surface area contributed by atoms with E-state index in [0.29, 0.717) is 25.7 Å². The van der Waals surface area contributed by atoms with Gasteiger partial charge < -0.3 is 28.2 Å². The fourth-order valence-corrected chi connectivity index (χ4v) is 9.92. The second-order valence-electron chi connectivity index (χ2n) is 13.4. The molecular weight excluding hydrogens is 667 g/mol. The number of aliphatic hydroxyl groups is 1. The molecule has 10 heteroatoms. The van der Waals surface area contributed by atoms with Crippen LogP contribution in [0.3, 0.4) is 0 Å². The molecule has 0 amide bonds. The van der Waals surface area contributed by atoms with Crippen molar-refractivity contribution in [1.82, 2.24) is 0 Å². The second-order valence-corrected chi connectivity index (χ2v) is 23.6. The van der Waals surface area contributed by atoms with E-state index in [-0.39, 0.29) is 11.1 Å². The number of halogens is 1.